The van der Waals surface area contributed by atoms with Crippen molar-refractivity contribution in [1.82, 2.24) is 10.2 Å². The van der Waals surface area contributed by atoms with Crippen molar-refractivity contribution < 1.29 is 23.9 Å². The van der Waals surface area contributed by atoms with Crippen LogP contribution < -0.4 is 5.32 Å². The number of rotatable bonds is 3. The van der Waals surface area contributed by atoms with E-state index in [1.54, 1.807) is 6.92 Å². The number of carbonyl (C=O) groups is 4. The Kier molecular flexibility index (Phi) is 4.16. The summed E-state index contributed by atoms with van der Waals surface area (Å²) in [6.07, 6.45) is 3.90. The lowest BCUT2D eigenvalue weighted by Crippen LogP contribution is -2.43. The fourth-order valence-corrected chi connectivity index (χ4v) is 2.49. The Balaban J connectivity index is 1.96. The number of nitrogens with one attached hydrogen (secondary N) is 1. The molecule has 0 unspecified atom stereocenters. The van der Waals surface area contributed by atoms with Gasteiger partial charge in [-0.25, -0.2) is 4.79 Å². The summed E-state index contributed by atoms with van der Waals surface area (Å²) in [5, 5.41) is 1.97. The summed E-state index contributed by atoms with van der Waals surface area (Å²) in [4.78, 5) is 47.8. The van der Waals surface area contributed by atoms with Crippen molar-refractivity contribution in [2.24, 2.45) is 11.8 Å². The molecule has 1 saturated heterocycles. The molecule has 0 aromatic heterocycles. The molecule has 108 valence electrons. The Morgan fingerprint density at radius 2 is 1.80 bits per heavy atom. The van der Waals surface area contributed by atoms with Gasteiger partial charge in [-0.1, -0.05) is 12.2 Å². The van der Waals surface area contributed by atoms with Crippen LogP contribution in [0, 0.1) is 11.8 Å². The lowest BCUT2D eigenvalue weighted by atomic mass is 9.85. The number of ether oxygens (including phenoxy) is 1. The molecule has 1 aliphatic carbocycles. The van der Waals surface area contributed by atoms with Crippen LogP contribution in [-0.2, 0) is 19.1 Å². The molecule has 0 saturated carbocycles. The standard InChI is InChI=1S/C13H16N2O5/c1-2-20-13(19)14-10(16)7-15-11(17)8-5-3-4-6-9(8)12(15)18/h3-4,8-9H,2,5-7H2,1H3,(H,14,16,19)/t8-,9-/m1/s1. The Hall–Kier alpha value is -2.18. The first-order chi connectivity index (χ1) is 9.54. The maximum atomic E-state index is 12.1. The highest BCUT2D eigenvalue weighted by molar-refractivity contribution is 6.08. The molecule has 0 aromatic rings. The van der Waals surface area contributed by atoms with Gasteiger partial charge in [-0.05, 0) is 19.8 Å². The molecule has 1 heterocycles. The number of hydrogen-bond donors (Lipinski definition) is 1. The van der Waals surface area contributed by atoms with E-state index in [0.717, 1.165) is 4.90 Å². The Bertz CT molecular complexity index is 459. The molecule has 0 spiro atoms. The fraction of sp³-hybridized carbons (Fsp3) is 0.538. The first-order valence-corrected chi connectivity index (χ1v) is 6.51. The Morgan fingerprint density at radius 3 is 2.30 bits per heavy atom. The number of carbonyl (C=O) groups excluding carboxylic acids is 4. The molecule has 2 atom stereocenters. The monoisotopic (exact) mass is 280 g/mol. The third-order valence-corrected chi connectivity index (χ3v) is 3.42. The predicted octanol–water partition coefficient (Wildman–Crippen LogP) is 0.210. The molecule has 1 N–H and O–H groups in total. The van der Waals surface area contributed by atoms with Gasteiger partial charge in [0.2, 0.25) is 17.7 Å². The van der Waals surface area contributed by atoms with Crippen molar-refractivity contribution in [1.29, 1.82) is 0 Å². The number of allylic oxidation sites excluding steroid dienone is 2. The summed E-state index contributed by atoms with van der Waals surface area (Å²) in [5.41, 5.74) is 0. The molecule has 0 aromatic carbocycles. The first kappa shape index (κ1) is 14.2. The highest BCUT2D eigenvalue weighted by atomic mass is 16.5. The lowest BCUT2D eigenvalue weighted by molar-refractivity contribution is -0.143. The number of amides is 4. The van der Waals surface area contributed by atoms with E-state index >= 15 is 0 Å². The molecule has 7 nitrogen and oxygen atoms in total. The van der Waals surface area contributed by atoms with Gasteiger partial charge in [0.05, 0.1) is 18.4 Å². The fourth-order valence-electron chi connectivity index (χ4n) is 2.49. The van der Waals surface area contributed by atoms with Gasteiger partial charge in [0.15, 0.2) is 0 Å². The number of hydrogen-bond acceptors (Lipinski definition) is 5. The van der Waals surface area contributed by atoms with E-state index in [1.807, 2.05) is 17.5 Å². The van der Waals surface area contributed by atoms with Crippen molar-refractivity contribution in [3.8, 4) is 0 Å². The Morgan fingerprint density at radius 1 is 1.25 bits per heavy atom. The second-order valence-corrected chi connectivity index (χ2v) is 4.69. The van der Waals surface area contributed by atoms with Crippen molar-refractivity contribution in [3.63, 3.8) is 0 Å². The molecule has 20 heavy (non-hydrogen) atoms. The summed E-state index contributed by atoms with van der Waals surface area (Å²) < 4.78 is 4.56. The largest absolute Gasteiger partial charge is 0.450 e. The van der Waals surface area contributed by atoms with E-state index in [2.05, 4.69) is 4.74 Å². The molecular formula is C13H16N2O5. The molecule has 1 fully saturated rings. The third kappa shape index (κ3) is 2.71. The summed E-state index contributed by atoms with van der Waals surface area (Å²) in [7, 11) is 0. The van der Waals surface area contributed by atoms with E-state index in [4.69, 9.17) is 0 Å². The van der Waals surface area contributed by atoms with Crippen LogP contribution in [0.15, 0.2) is 12.2 Å². The minimum Gasteiger partial charge on any atom is -0.450 e. The summed E-state index contributed by atoms with van der Waals surface area (Å²) in [6, 6.07) is 0. The quantitative estimate of drug-likeness (QED) is 0.589. The molecular weight excluding hydrogens is 264 g/mol. The molecule has 0 bridgehead atoms. The average molecular weight is 280 g/mol. The number of likely N-dealkylation sites (tertiary alicyclic amines) is 1. The average Bonchev–Trinajstić information content (AvgIpc) is 2.65. The van der Waals surface area contributed by atoms with E-state index in [9.17, 15) is 19.2 Å². The van der Waals surface area contributed by atoms with Gasteiger partial charge in [-0.3, -0.25) is 24.6 Å². The maximum Gasteiger partial charge on any atom is 0.413 e. The summed E-state index contributed by atoms with van der Waals surface area (Å²) in [5.74, 6) is -2.16. The zero-order valence-corrected chi connectivity index (χ0v) is 11.1. The number of nitrogens with zero attached hydrogens (tertiary/aromatic N) is 1. The second-order valence-electron chi connectivity index (χ2n) is 4.69. The zero-order valence-electron chi connectivity index (χ0n) is 11.1. The topological polar surface area (TPSA) is 92.8 Å². The van der Waals surface area contributed by atoms with Crippen LogP contribution in [-0.4, -0.2) is 41.9 Å². The van der Waals surface area contributed by atoms with Crippen molar-refractivity contribution >= 4 is 23.8 Å². The van der Waals surface area contributed by atoms with Crippen LogP contribution in [0.4, 0.5) is 4.79 Å². The minimum absolute atomic E-state index is 0.135. The van der Waals surface area contributed by atoms with Crippen molar-refractivity contribution in [2.75, 3.05) is 13.2 Å². The van der Waals surface area contributed by atoms with Gasteiger partial charge >= 0.3 is 6.09 Å². The van der Waals surface area contributed by atoms with E-state index in [-0.39, 0.29) is 30.3 Å². The molecule has 2 aliphatic rings. The summed E-state index contributed by atoms with van der Waals surface area (Å²) >= 11 is 0. The van der Waals surface area contributed by atoms with Crippen LogP contribution >= 0.6 is 0 Å². The first-order valence-electron chi connectivity index (χ1n) is 6.51. The molecule has 7 heteroatoms. The van der Waals surface area contributed by atoms with Gasteiger partial charge < -0.3 is 4.74 Å². The Labute approximate surface area is 115 Å². The van der Waals surface area contributed by atoms with Crippen LogP contribution in [0.25, 0.3) is 0 Å². The zero-order chi connectivity index (χ0) is 14.7. The van der Waals surface area contributed by atoms with Crippen molar-refractivity contribution in [3.05, 3.63) is 12.2 Å². The SMILES string of the molecule is CCOC(=O)NC(=O)CN1C(=O)[C@@H]2CC=CC[C@H]2C1=O. The normalized spacial score (nSPS) is 24.6. The van der Waals surface area contributed by atoms with Crippen LogP contribution in [0.1, 0.15) is 19.8 Å². The van der Waals surface area contributed by atoms with Crippen LogP contribution in [0.2, 0.25) is 0 Å². The number of alkyl carbamates (subject to hydrolysis) is 1. The molecule has 4 amide bonds. The van der Waals surface area contributed by atoms with E-state index < -0.39 is 18.5 Å². The predicted molar refractivity (Wildman–Crippen MR) is 67.2 cm³/mol. The molecule has 1 aliphatic heterocycles. The number of imide groups is 2. The van der Waals surface area contributed by atoms with Crippen molar-refractivity contribution in [2.45, 2.75) is 19.8 Å². The van der Waals surface area contributed by atoms with Crippen LogP contribution in [0.5, 0.6) is 0 Å². The smallest absolute Gasteiger partial charge is 0.413 e. The van der Waals surface area contributed by atoms with Gasteiger partial charge in [-0.2, -0.15) is 0 Å². The van der Waals surface area contributed by atoms with Gasteiger partial charge in [0, 0.05) is 0 Å². The third-order valence-electron chi connectivity index (χ3n) is 3.42. The number of fused-ring (bicyclic) bond motifs is 1. The maximum absolute atomic E-state index is 12.1. The molecule has 0 radical (unpaired) electrons. The van der Waals surface area contributed by atoms with Gasteiger partial charge in [0.25, 0.3) is 0 Å². The summed E-state index contributed by atoms with van der Waals surface area (Å²) in [6.45, 7) is 1.30. The highest BCUT2D eigenvalue weighted by Crippen LogP contribution is 2.34. The van der Waals surface area contributed by atoms with Gasteiger partial charge in [-0.15, -0.1) is 0 Å². The molecule has 2 rings (SSSR count). The lowest BCUT2D eigenvalue weighted by Gasteiger charge is -2.14. The van der Waals surface area contributed by atoms with Crippen LogP contribution in [0.3, 0.4) is 0 Å². The second kappa shape index (κ2) is 5.85. The minimum atomic E-state index is -0.879. The van der Waals surface area contributed by atoms with E-state index in [1.165, 1.54) is 0 Å². The van der Waals surface area contributed by atoms with E-state index in [0.29, 0.717) is 12.8 Å². The van der Waals surface area contributed by atoms with Gasteiger partial charge in [0.1, 0.15) is 6.54 Å². The highest BCUT2D eigenvalue weighted by Gasteiger charge is 2.47.